The van der Waals surface area contributed by atoms with Gasteiger partial charge in [-0.3, -0.25) is 4.79 Å². The number of carbonyl (C=O) groups excluding carboxylic acids is 2. The van der Waals surface area contributed by atoms with Gasteiger partial charge in [0.05, 0.1) is 6.42 Å². The molecular weight excluding hydrogens is 392 g/mol. The first-order chi connectivity index (χ1) is 13.8. The molecule has 3 rings (SSSR count). The zero-order chi connectivity index (χ0) is 20.9. The summed E-state index contributed by atoms with van der Waals surface area (Å²) in [6.45, 7) is 6.70. The first-order valence-corrected chi connectivity index (χ1v) is 10.4. The number of piperidine rings is 1. The molecule has 0 spiro atoms. The molecule has 0 aliphatic carbocycles. The molecule has 0 atom stereocenters. The highest BCUT2D eigenvalue weighted by molar-refractivity contribution is 7.17. The number of nitrogens with one attached hydrogen (secondary N) is 1. The highest BCUT2D eigenvalue weighted by Gasteiger charge is 2.28. The van der Waals surface area contributed by atoms with Gasteiger partial charge in [-0.25, -0.2) is 4.79 Å². The number of hydrogen-bond acceptors (Lipinski definition) is 7. The second-order valence-corrected chi connectivity index (χ2v) is 8.81. The topological polar surface area (TPSA) is 93.7 Å². The molecule has 0 saturated carbocycles. The fourth-order valence-electron chi connectivity index (χ4n) is 2.88. The highest BCUT2D eigenvalue weighted by Crippen LogP contribution is 2.26. The molecule has 0 radical (unpaired) electrons. The van der Waals surface area contributed by atoms with Crippen molar-refractivity contribution in [1.82, 2.24) is 15.1 Å². The molecule has 1 aromatic carbocycles. The van der Waals surface area contributed by atoms with E-state index in [0.29, 0.717) is 36.3 Å². The van der Waals surface area contributed by atoms with E-state index in [1.54, 1.807) is 4.90 Å². The van der Waals surface area contributed by atoms with Gasteiger partial charge >= 0.3 is 6.09 Å². The Morgan fingerprint density at radius 1 is 1.17 bits per heavy atom. The minimum Gasteiger partial charge on any atom is -0.465 e. The van der Waals surface area contributed by atoms with Crippen molar-refractivity contribution in [3.8, 4) is 5.19 Å². The van der Waals surface area contributed by atoms with Crippen LogP contribution in [0.1, 0.15) is 39.2 Å². The van der Waals surface area contributed by atoms with Crippen LogP contribution in [0.15, 0.2) is 30.3 Å². The summed E-state index contributed by atoms with van der Waals surface area (Å²) in [5, 5.41) is 11.5. The van der Waals surface area contributed by atoms with Crippen molar-refractivity contribution >= 4 is 28.5 Å². The zero-order valence-electron chi connectivity index (χ0n) is 16.9. The van der Waals surface area contributed by atoms with Crippen LogP contribution in [0.2, 0.25) is 0 Å². The van der Waals surface area contributed by atoms with Gasteiger partial charge < -0.3 is 19.7 Å². The van der Waals surface area contributed by atoms with Gasteiger partial charge in [-0.05, 0) is 37.7 Å². The lowest BCUT2D eigenvalue weighted by Gasteiger charge is -2.33. The van der Waals surface area contributed by atoms with Gasteiger partial charge in [0.15, 0.2) is 0 Å². The van der Waals surface area contributed by atoms with E-state index >= 15 is 0 Å². The Morgan fingerprint density at radius 3 is 2.52 bits per heavy atom. The van der Waals surface area contributed by atoms with E-state index in [-0.39, 0.29) is 24.5 Å². The molecule has 2 aromatic rings. The van der Waals surface area contributed by atoms with Crippen molar-refractivity contribution in [1.29, 1.82) is 0 Å². The third kappa shape index (κ3) is 6.70. The number of ether oxygens (including phenoxy) is 2. The molecule has 0 bridgehead atoms. The molecule has 29 heavy (non-hydrogen) atoms. The lowest BCUT2D eigenvalue weighted by atomic mass is 10.1. The molecule has 2 amide bonds. The van der Waals surface area contributed by atoms with Crippen LogP contribution in [0.4, 0.5) is 9.93 Å². The van der Waals surface area contributed by atoms with Crippen molar-refractivity contribution in [3.63, 3.8) is 0 Å². The van der Waals surface area contributed by atoms with E-state index < -0.39 is 5.60 Å². The predicted molar refractivity (Wildman–Crippen MR) is 110 cm³/mol. The standard InChI is InChI=1S/C20H26N4O4S/c1-20(2,3)28-19(26)24-11-9-15(10-12-24)27-18-23-22-17(29-18)21-16(25)13-14-7-5-4-6-8-14/h4-8,15H,9-13H2,1-3H3,(H,21,22,25). The summed E-state index contributed by atoms with van der Waals surface area (Å²) in [6.07, 6.45) is 1.31. The molecular formula is C20H26N4O4S. The van der Waals surface area contributed by atoms with Crippen LogP contribution in [0.3, 0.4) is 0 Å². The van der Waals surface area contributed by atoms with Crippen molar-refractivity contribution in [2.75, 3.05) is 18.4 Å². The van der Waals surface area contributed by atoms with E-state index in [0.717, 1.165) is 5.56 Å². The Kier molecular flexibility index (Phi) is 6.68. The monoisotopic (exact) mass is 418 g/mol. The molecule has 1 aliphatic rings. The largest absolute Gasteiger partial charge is 0.465 e. The maximum atomic E-state index is 12.1. The fourth-order valence-corrected chi connectivity index (χ4v) is 3.56. The van der Waals surface area contributed by atoms with Gasteiger partial charge in [0.1, 0.15) is 11.7 Å². The molecule has 1 aromatic heterocycles. The summed E-state index contributed by atoms with van der Waals surface area (Å²) in [4.78, 5) is 25.9. The average Bonchev–Trinajstić information content (AvgIpc) is 3.08. The minimum atomic E-state index is -0.502. The van der Waals surface area contributed by atoms with Gasteiger partial charge in [-0.1, -0.05) is 35.4 Å². The first-order valence-electron chi connectivity index (χ1n) is 9.60. The van der Waals surface area contributed by atoms with E-state index in [1.165, 1.54) is 11.3 Å². The quantitative estimate of drug-likeness (QED) is 0.799. The molecule has 1 saturated heterocycles. The summed E-state index contributed by atoms with van der Waals surface area (Å²) in [6, 6.07) is 9.50. The van der Waals surface area contributed by atoms with E-state index in [2.05, 4.69) is 15.5 Å². The van der Waals surface area contributed by atoms with Crippen molar-refractivity contribution in [2.24, 2.45) is 0 Å². The Labute approximate surface area is 174 Å². The smallest absolute Gasteiger partial charge is 0.410 e. The maximum absolute atomic E-state index is 12.1. The summed E-state index contributed by atoms with van der Waals surface area (Å²) in [5.41, 5.74) is 0.431. The van der Waals surface area contributed by atoms with E-state index in [4.69, 9.17) is 9.47 Å². The van der Waals surface area contributed by atoms with Crippen LogP contribution in [0.25, 0.3) is 0 Å². The van der Waals surface area contributed by atoms with Gasteiger partial charge in [0, 0.05) is 25.9 Å². The fraction of sp³-hybridized carbons (Fsp3) is 0.500. The molecule has 156 valence electrons. The number of likely N-dealkylation sites (tertiary alicyclic amines) is 1. The van der Waals surface area contributed by atoms with Crippen molar-refractivity contribution in [2.45, 2.75) is 51.7 Å². The molecule has 8 nitrogen and oxygen atoms in total. The van der Waals surface area contributed by atoms with Gasteiger partial charge in [0.2, 0.25) is 11.0 Å². The lowest BCUT2D eigenvalue weighted by molar-refractivity contribution is -0.115. The van der Waals surface area contributed by atoms with Crippen LogP contribution in [0, 0.1) is 0 Å². The SMILES string of the molecule is CC(C)(C)OC(=O)N1CCC(Oc2nnc(NC(=O)Cc3ccccc3)s2)CC1. The third-order valence-corrected chi connectivity index (χ3v) is 4.95. The minimum absolute atomic E-state index is 0.0468. The van der Waals surface area contributed by atoms with Crippen LogP contribution in [-0.2, 0) is 16.0 Å². The number of hydrogen-bond donors (Lipinski definition) is 1. The summed E-state index contributed by atoms with van der Waals surface area (Å²) in [7, 11) is 0. The van der Waals surface area contributed by atoms with Gasteiger partial charge in [0.25, 0.3) is 5.19 Å². The number of rotatable bonds is 5. The third-order valence-electron chi connectivity index (χ3n) is 4.22. The number of amides is 2. The molecule has 9 heteroatoms. The summed E-state index contributed by atoms with van der Waals surface area (Å²) in [5.74, 6) is -0.149. The zero-order valence-corrected chi connectivity index (χ0v) is 17.7. The van der Waals surface area contributed by atoms with E-state index in [1.807, 2.05) is 51.1 Å². The van der Waals surface area contributed by atoms with Crippen molar-refractivity contribution in [3.05, 3.63) is 35.9 Å². The van der Waals surface area contributed by atoms with Gasteiger partial charge in [-0.2, -0.15) is 0 Å². The van der Waals surface area contributed by atoms with E-state index in [9.17, 15) is 9.59 Å². The maximum Gasteiger partial charge on any atom is 0.410 e. The molecule has 0 unspecified atom stereocenters. The average molecular weight is 419 g/mol. The molecule has 1 aliphatic heterocycles. The van der Waals surface area contributed by atoms with Gasteiger partial charge in [-0.15, -0.1) is 5.10 Å². The van der Waals surface area contributed by atoms with Crippen molar-refractivity contribution < 1.29 is 19.1 Å². The highest BCUT2D eigenvalue weighted by atomic mass is 32.1. The number of benzene rings is 1. The molecule has 1 fully saturated rings. The Balaban J connectivity index is 1.44. The van der Waals surface area contributed by atoms with Crippen LogP contribution >= 0.6 is 11.3 Å². The predicted octanol–water partition coefficient (Wildman–Crippen LogP) is 3.50. The second-order valence-electron chi connectivity index (χ2n) is 7.87. The number of aromatic nitrogens is 2. The molecule has 2 heterocycles. The lowest BCUT2D eigenvalue weighted by Crippen LogP contribution is -2.44. The number of anilines is 1. The summed E-state index contributed by atoms with van der Waals surface area (Å²) >= 11 is 1.20. The normalized spacial score (nSPS) is 15.1. The Morgan fingerprint density at radius 2 is 1.86 bits per heavy atom. The Hall–Kier alpha value is -2.68. The molecule has 1 N–H and O–H groups in total. The van der Waals surface area contributed by atoms with Crippen LogP contribution in [-0.4, -0.2) is 51.9 Å². The number of carbonyl (C=O) groups is 2. The van der Waals surface area contributed by atoms with Crippen LogP contribution in [0.5, 0.6) is 5.19 Å². The Bertz CT molecular complexity index is 827. The van der Waals surface area contributed by atoms with Crippen LogP contribution < -0.4 is 10.1 Å². The second kappa shape index (κ2) is 9.21. The first kappa shape index (κ1) is 21.0. The summed E-state index contributed by atoms with van der Waals surface area (Å²) < 4.78 is 11.3. The number of nitrogens with zero attached hydrogens (tertiary/aromatic N) is 3.